The first-order chi connectivity index (χ1) is 13.0. The summed E-state index contributed by atoms with van der Waals surface area (Å²) >= 11 is 6.38. The van der Waals surface area contributed by atoms with E-state index in [9.17, 15) is 4.79 Å². The molecule has 146 valence electrons. The zero-order valence-electron chi connectivity index (χ0n) is 16.2. The van der Waals surface area contributed by atoms with E-state index in [1.54, 1.807) is 13.2 Å². The van der Waals surface area contributed by atoms with Crippen molar-refractivity contribution in [2.24, 2.45) is 0 Å². The van der Waals surface area contributed by atoms with Gasteiger partial charge in [-0.25, -0.2) is 0 Å². The molecule has 3 aliphatic rings. The molecule has 2 heterocycles. The van der Waals surface area contributed by atoms with Crippen molar-refractivity contribution < 1.29 is 9.53 Å². The van der Waals surface area contributed by atoms with Gasteiger partial charge in [-0.15, -0.1) is 0 Å². The van der Waals surface area contributed by atoms with Crippen molar-refractivity contribution in [1.82, 2.24) is 14.7 Å². The Labute approximate surface area is 166 Å². The van der Waals surface area contributed by atoms with Crippen LogP contribution in [0.2, 0.25) is 5.02 Å². The number of piperazine rings is 1. The molecule has 4 rings (SSSR count). The SMILES string of the molecule is COc1cc(Cl)c(C2CC2)cc1/C=C/C(=O)N1CCN(C2CN(C)C2)CC1. The van der Waals surface area contributed by atoms with Gasteiger partial charge in [0.15, 0.2) is 0 Å². The van der Waals surface area contributed by atoms with Gasteiger partial charge < -0.3 is 14.5 Å². The molecule has 0 unspecified atom stereocenters. The number of benzene rings is 1. The molecule has 1 aliphatic carbocycles. The molecule has 1 aromatic rings. The van der Waals surface area contributed by atoms with Gasteiger partial charge in [-0.3, -0.25) is 9.69 Å². The molecule has 0 aromatic heterocycles. The minimum atomic E-state index is 0.0744. The fourth-order valence-electron chi connectivity index (χ4n) is 4.07. The average molecular weight is 390 g/mol. The molecule has 0 atom stereocenters. The predicted octanol–water partition coefficient (Wildman–Crippen LogP) is 2.70. The van der Waals surface area contributed by atoms with Crippen molar-refractivity contribution in [3.8, 4) is 5.75 Å². The van der Waals surface area contributed by atoms with Gasteiger partial charge in [0.05, 0.1) is 7.11 Å². The smallest absolute Gasteiger partial charge is 0.246 e. The van der Waals surface area contributed by atoms with Crippen LogP contribution in [0.3, 0.4) is 0 Å². The Morgan fingerprint density at radius 1 is 1.19 bits per heavy atom. The second kappa shape index (κ2) is 7.82. The van der Waals surface area contributed by atoms with Gasteiger partial charge in [-0.1, -0.05) is 11.6 Å². The third-order valence-corrected chi connectivity index (χ3v) is 6.29. The number of nitrogens with zero attached hydrogens (tertiary/aromatic N) is 3. The van der Waals surface area contributed by atoms with Crippen LogP contribution in [0.1, 0.15) is 29.9 Å². The number of rotatable bonds is 5. The number of carbonyl (C=O) groups excluding carboxylic acids is 1. The van der Waals surface area contributed by atoms with Crippen molar-refractivity contribution in [3.05, 3.63) is 34.4 Å². The van der Waals surface area contributed by atoms with Crippen molar-refractivity contribution in [3.63, 3.8) is 0 Å². The topological polar surface area (TPSA) is 36.0 Å². The van der Waals surface area contributed by atoms with Gasteiger partial charge in [0.25, 0.3) is 0 Å². The highest BCUT2D eigenvalue weighted by molar-refractivity contribution is 6.31. The number of ether oxygens (including phenoxy) is 1. The number of methoxy groups -OCH3 is 1. The predicted molar refractivity (Wildman–Crippen MR) is 108 cm³/mol. The lowest BCUT2D eigenvalue weighted by molar-refractivity contribution is -0.128. The van der Waals surface area contributed by atoms with Crippen LogP contribution in [-0.4, -0.2) is 80.1 Å². The zero-order chi connectivity index (χ0) is 19.0. The number of likely N-dealkylation sites (N-methyl/N-ethyl adjacent to an activating group) is 1. The summed E-state index contributed by atoms with van der Waals surface area (Å²) in [5, 5.41) is 0.760. The standard InChI is InChI=1S/C21H28ClN3O2/c1-23-13-17(14-23)24-7-9-25(10-8-24)21(26)6-5-16-11-18(15-3-4-15)19(22)12-20(16)27-2/h5-6,11-12,15,17H,3-4,7-10,13-14H2,1-2H3/b6-5+. The van der Waals surface area contributed by atoms with Gasteiger partial charge in [-0.05, 0) is 49.6 Å². The highest BCUT2D eigenvalue weighted by atomic mass is 35.5. The monoisotopic (exact) mass is 389 g/mol. The van der Waals surface area contributed by atoms with E-state index >= 15 is 0 Å². The molecule has 0 radical (unpaired) electrons. The van der Waals surface area contributed by atoms with Crippen molar-refractivity contribution >= 4 is 23.6 Å². The first-order valence-electron chi connectivity index (χ1n) is 9.82. The molecule has 0 spiro atoms. The first-order valence-corrected chi connectivity index (χ1v) is 10.2. The maximum absolute atomic E-state index is 12.6. The molecule has 1 aromatic carbocycles. The fourth-order valence-corrected chi connectivity index (χ4v) is 4.38. The minimum Gasteiger partial charge on any atom is -0.496 e. The molecule has 2 aliphatic heterocycles. The summed E-state index contributed by atoms with van der Waals surface area (Å²) in [7, 11) is 3.79. The lowest BCUT2D eigenvalue weighted by atomic mass is 10.0. The lowest BCUT2D eigenvalue weighted by Crippen LogP contribution is -2.62. The number of halogens is 1. The molecule has 1 saturated carbocycles. The van der Waals surface area contributed by atoms with Crippen LogP contribution in [0.4, 0.5) is 0 Å². The number of hydrogen-bond donors (Lipinski definition) is 0. The number of amides is 1. The molecular formula is C21H28ClN3O2. The molecule has 6 heteroatoms. The number of hydrogen-bond acceptors (Lipinski definition) is 4. The summed E-state index contributed by atoms with van der Waals surface area (Å²) in [6, 6.07) is 4.61. The van der Waals surface area contributed by atoms with E-state index in [4.69, 9.17) is 16.3 Å². The normalized spacial score (nSPS) is 22.3. The van der Waals surface area contributed by atoms with Gasteiger partial charge >= 0.3 is 0 Å². The van der Waals surface area contributed by atoms with E-state index in [1.807, 2.05) is 17.0 Å². The maximum Gasteiger partial charge on any atom is 0.246 e. The molecule has 1 amide bonds. The van der Waals surface area contributed by atoms with Crippen LogP contribution in [-0.2, 0) is 4.79 Å². The number of likely N-dealkylation sites (tertiary alicyclic amines) is 1. The van der Waals surface area contributed by atoms with E-state index in [2.05, 4.69) is 22.9 Å². The van der Waals surface area contributed by atoms with Crippen molar-refractivity contribution in [1.29, 1.82) is 0 Å². The maximum atomic E-state index is 12.6. The summed E-state index contributed by atoms with van der Waals surface area (Å²) in [6.07, 6.45) is 5.93. The fraction of sp³-hybridized carbons (Fsp3) is 0.571. The number of carbonyl (C=O) groups is 1. The zero-order valence-corrected chi connectivity index (χ0v) is 16.9. The molecule has 2 saturated heterocycles. The first kappa shape index (κ1) is 18.8. The Balaban J connectivity index is 1.38. The van der Waals surface area contributed by atoms with Crippen LogP contribution in [0, 0.1) is 0 Å². The highest BCUT2D eigenvalue weighted by Crippen LogP contribution is 2.45. The van der Waals surface area contributed by atoms with Crippen LogP contribution >= 0.6 is 11.6 Å². The minimum absolute atomic E-state index is 0.0744. The summed E-state index contributed by atoms with van der Waals surface area (Å²) in [6.45, 7) is 5.83. The second-order valence-electron chi connectivity index (χ2n) is 7.96. The van der Waals surface area contributed by atoms with Crippen molar-refractivity contribution in [2.45, 2.75) is 24.8 Å². The Morgan fingerprint density at radius 2 is 1.89 bits per heavy atom. The van der Waals surface area contributed by atoms with Crippen LogP contribution in [0.15, 0.2) is 18.2 Å². The van der Waals surface area contributed by atoms with E-state index in [1.165, 1.54) is 18.4 Å². The Bertz CT molecular complexity index is 733. The summed E-state index contributed by atoms with van der Waals surface area (Å²) in [4.78, 5) is 19.4. The van der Waals surface area contributed by atoms with Gasteiger partial charge in [-0.2, -0.15) is 0 Å². The van der Waals surface area contributed by atoms with Crippen LogP contribution in [0.5, 0.6) is 5.75 Å². The van der Waals surface area contributed by atoms with E-state index in [0.717, 1.165) is 49.9 Å². The largest absolute Gasteiger partial charge is 0.496 e. The molecule has 5 nitrogen and oxygen atoms in total. The van der Waals surface area contributed by atoms with Crippen molar-refractivity contribution in [2.75, 3.05) is 53.4 Å². The van der Waals surface area contributed by atoms with Crippen LogP contribution < -0.4 is 4.74 Å². The molecule has 0 N–H and O–H groups in total. The quantitative estimate of drug-likeness (QED) is 0.725. The van der Waals surface area contributed by atoms with E-state index in [-0.39, 0.29) is 5.91 Å². The molecule has 27 heavy (non-hydrogen) atoms. The molecule has 3 fully saturated rings. The van der Waals surface area contributed by atoms with Crippen LogP contribution in [0.25, 0.3) is 6.08 Å². The third-order valence-electron chi connectivity index (χ3n) is 5.96. The average Bonchev–Trinajstić information content (AvgIpc) is 3.49. The van der Waals surface area contributed by atoms with Gasteiger partial charge in [0.2, 0.25) is 5.91 Å². The molecule has 0 bridgehead atoms. The summed E-state index contributed by atoms with van der Waals surface area (Å²) < 4.78 is 5.46. The second-order valence-corrected chi connectivity index (χ2v) is 8.37. The van der Waals surface area contributed by atoms with Gasteiger partial charge in [0, 0.05) is 62.0 Å². The highest BCUT2D eigenvalue weighted by Gasteiger charge is 2.32. The van der Waals surface area contributed by atoms with E-state index < -0.39 is 0 Å². The Morgan fingerprint density at radius 3 is 2.48 bits per heavy atom. The Kier molecular flexibility index (Phi) is 5.44. The summed E-state index contributed by atoms with van der Waals surface area (Å²) in [5.41, 5.74) is 2.09. The molecular weight excluding hydrogens is 362 g/mol. The summed E-state index contributed by atoms with van der Waals surface area (Å²) in [5.74, 6) is 1.35. The lowest BCUT2D eigenvalue weighted by Gasteiger charge is -2.46. The van der Waals surface area contributed by atoms with Gasteiger partial charge in [0.1, 0.15) is 5.75 Å². The third kappa shape index (κ3) is 4.15. The van der Waals surface area contributed by atoms with E-state index in [0.29, 0.717) is 17.7 Å². The Hall–Kier alpha value is -1.56.